The van der Waals surface area contributed by atoms with Crippen molar-refractivity contribution in [3.05, 3.63) is 50.8 Å². The van der Waals surface area contributed by atoms with Gasteiger partial charge >= 0.3 is 5.97 Å². The fourth-order valence-corrected chi connectivity index (χ4v) is 4.33. The molecule has 0 unspecified atom stereocenters. The van der Waals surface area contributed by atoms with Crippen LogP contribution in [0, 0.1) is 0 Å². The Bertz CT molecular complexity index is 1310. The number of aromatic nitrogens is 2. The van der Waals surface area contributed by atoms with Gasteiger partial charge in [0.2, 0.25) is 6.79 Å². The minimum Gasteiger partial charge on any atom is -0.458 e. The Morgan fingerprint density at radius 2 is 1.93 bits per heavy atom. The van der Waals surface area contributed by atoms with Crippen LogP contribution in [0.25, 0.3) is 22.3 Å². The van der Waals surface area contributed by atoms with E-state index in [2.05, 4.69) is 0 Å². The minimum absolute atomic E-state index is 0.152. The van der Waals surface area contributed by atoms with Crippen LogP contribution in [0.3, 0.4) is 0 Å². The van der Waals surface area contributed by atoms with Crippen LogP contribution >= 0.6 is 0 Å². The van der Waals surface area contributed by atoms with E-state index in [9.17, 15) is 14.7 Å². The van der Waals surface area contributed by atoms with Crippen LogP contribution < -0.4 is 20.8 Å². The number of ether oxygens (including phenoxy) is 3. The number of nitrogens with two attached hydrogens (primary N) is 1. The van der Waals surface area contributed by atoms with E-state index in [0.717, 1.165) is 16.5 Å². The number of carbonyl (C=O) groups excluding carboxylic acids is 1. The van der Waals surface area contributed by atoms with Gasteiger partial charge in [-0.15, -0.1) is 0 Å². The molecule has 5 heterocycles. The van der Waals surface area contributed by atoms with E-state index in [1.807, 2.05) is 6.07 Å². The molecule has 1 atom stereocenters. The van der Waals surface area contributed by atoms with E-state index in [-0.39, 0.29) is 36.6 Å². The second-order valence-electron chi connectivity index (χ2n) is 7.21. The van der Waals surface area contributed by atoms with E-state index < -0.39 is 12.1 Å². The number of cyclic esters (lactones) is 1. The van der Waals surface area contributed by atoms with Gasteiger partial charge < -0.3 is 29.6 Å². The molecule has 3 aromatic rings. The number of benzene rings is 1. The zero-order valence-corrected chi connectivity index (χ0v) is 15.1. The molecular formula is C20H15N3O6. The lowest BCUT2D eigenvalue weighted by Gasteiger charge is -2.21. The molecule has 1 aromatic carbocycles. The van der Waals surface area contributed by atoms with Gasteiger partial charge in [0.15, 0.2) is 17.6 Å². The number of aliphatic hydroxyl groups excluding tert-OH is 1. The molecule has 6 rings (SSSR count). The Labute approximate surface area is 163 Å². The highest BCUT2D eigenvalue weighted by Gasteiger charge is 2.34. The molecule has 0 fully saturated rings. The summed E-state index contributed by atoms with van der Waals surface area (Å²) in [6.45, 7) is 0.571. The first-order valence-electron chi connectivity index (χ1n) is 9.13. The summed E-state index contributed by atoms with van der Waals surface area (Å²) < 4.78 is 17.4. The summed E-state index contributed by atoms with van der Waals surface area (Å²) in [4.78, 5) is 29.6. The third-order valence-electron chi connectivity index (χ3n) is 5.77. The summed E-state index contributed by atoms with van der Waals surface area (Å²) in [5.74, 6) is 0.477. The molecule has 9 heteroatoms. The maximum Gasteiger partial charge on any atom is 0.340 e. The molecule has 0 saturated heterocycles. The highest BCUT2D eigenvalue weighted by atomic mass is 16.7. The van der Waals surface area contributed by atoms with Crippen LogP contribution in [0.4, 0.5) is 0 Å². The number of nitrogens with zero attached hydrogens (tertiary/aromatic N) is 2. The van der Waals surface area contributed by atoms with Gasteiger partial charge in [-0.2, -0.15) is 0 Å². The summed E-state index contributed by atoms with van der Waals surface area (Å²) in [5.41, 5.74) is 9.89. The molecule has 146 valence electrons. The van der Waals surface area contributed by atoms with Gasteiger partial charge in [0, 0.05) is 29.1 Å². The molecule has 0 aliphatic carbocycles. The van der Waals surface area contributed by atoms with Crippen molar-refractivity contribution in [2.45, 2.75) is 25.8 Å². The molecule has 3 aliphatic heterocycles. The highest BCUT2D eigenvalue weighted by molar-refractivity contribution is 5.91. The zero-order chi connectivity index (χ0) is 19.9. The maximum absolute atomic E-state index is 13.0. The van der Waals surface area contributed by atoms with Crippen LogP contribution in [0.5, 0.6) is 11.5 Å². The lowest BCUT2D eigenvalue weighted by atomic mass is 9.98. The molecule has 3 aliphatic rings. The second-order valence-corrected chi connectivity index (χ2v) is 7.21. The fourth-order valence-electron chi connectivity index (χ4n) is 4.33. The Hall–Kier alpha value is -3.43. The third-order valence-corrected chi connectivity index (χ3v) is 5.77. The molecule has 2 aromatic heterocycles. The van der Waals surface area contributed by atoms with Crippen molar-refractivity contribution in [1.29, 1.82) is 0 Å². The molecule has 0 saturated carbocycles. The molecular weight excluding hydrogens is 378 g/mol. The standard InChI is InChI=1S/C20H15N3O6/c21-4-10-8-2-15-16(29-7-28-15)3-13(8)22-17-11(10)5-23-14(17)1-9-12(19(23)25)6-27-20(26)18(9)24/h1-3,18,24H,4-7,21H2/t18-/m0/s1. The van der Waals surface area contributed by atoms with Gasteiger partial charge in [0.05, 0.1) is 29.0 Å². The predicted octanol–water partition coefficient (Wildman–Crippen LogP) is 0.703. The summed E-state index contributed by atoms with van der Waals surface area (Å²) in [7, 11) is 0. The quantitative estimate of drug-likeness (QED) is 0.453. The third kappa shape index (κ3) is 2.08. The first-order chi connectivity index (χ1) is 14.1. The van der Waals surface area contributed by atoms with E-state index in [4.69, 9.17) is 24.9 Å². The molecule has 3 N–H and O–H groups in total. The average molecular weight is 393 g/mol. The largest absolute Gasteiger partial charge is 0.458 e. The number of hydrogen-bond donors (Lipinski definition) is 2. The number of pyridine rings is 2. The van der Waals surface area contributed by atoms with Crippen molar-refractivity contribution in [3.63, 3.8) is 0 Å². The summed E-state index contributed by atoms with van der Waals surface area (Å²) in [5, 5.41) is 11.1. The summed E-state index contributed by atoms with van der Waals surface area (Å²) in [6, 6.07) is 5.31. The predicted molar refractivity (Wildman–Crippen MR) is 99.3 cm³/mol. The van der Waals surface area contributed by atoms with Crippen LogP contribution in [0.2, 0.25) is 0 Å². The molecule has 0 amide bonds. The van der Waals surface area contributed by atoms with Crippen molar-refractivity contribution in [1.82, 2.24) is 9.55 Å². The monoisotopic (exact) mass is 393 g/mol. The number of hydrogen-bond acceptors (Lipinski definition) is 8. The van der Waals surface area contributed by atoms with Crippen molar-refractivity contribution in [2.24, 2.45) is 5.73 Å². The van der Waals surface area contributed by atoms with Gasteiger partial charge in [0.1, 0.15) is 6.61 Å². The minimum atomic E-state index is -1.48. The van der Waals surface area contributed by atoms with Crippen molar-refractivity contribution in [3.8, 4) is 22.9 Å². The van der Waals surface area contributed by atoms with Gasteiger partial charge in [-0.1, -0.05) is 0 Å². The molecule has 0 spiro atoms. The molecule has 0 radical (unpaired) electrons. The van der Waals surface area contributed by atoms with E-state index in [0.29, 0.717) is 34.9 Å². The van der Waals surface area contributed by atoms with Gasteiger partial charge in [-0.05, 0) is 17.7 Å². The van der Waals surface area contributed by atoms with Gasteiger partial charge in [-0.3, -0.25) is 4.79 Å². The average Bonchev–Trinajstić information content (AvgIpc) is 3.32. The summed E-state index contributed by atoms with van der Waals surface area (Å²) >= 11 is 0. The number of aliphatic hydroxyl groups is 1. The summed E-state index contributed by atoms with van der Waals surface area (Å²) in [6.07, 6.45) is -1.48. The molecule has 9 nitrogen and oxygen atoms in total. The lowest BCUT2D eigenvalue weighted by molar-refractivity contribution is -0.157. The Morgan fingerprint density at radius 1 is 1.14 bits per heavy atom. The zero-order valence-electron chi connectivity index (χ0n) is 15.1. The number of esters is 1. The van der Waals surface area contributed by atoms with E-state index in [1.165, 1.54) is 0 Å². The van der Waals surface area contributed by atoms with Crippen LogP contribution in [-0.4, -0.2) is 27.4 Å². The normalized spacial score (nSPS) is 18.4. The van der Waals surface area contributed by atoms with Crippen LogP contribution in [-0.2, 0) is 29.2 Å². The topological polar surface area (TPSA) is 126 Å². The van der Waals surface area contributed by atoms with Crippen molar-refractivity contribution >= 4 is 16.9 Å². The van der Waals surface area contributed by atoms with Crippen molar-refractivity contribution in [2.75, 3.05) is 6.79 Å². The Kier molecular flexibility index (Phi) is 3.16. The number of rotatable bonds is 1. The second kappa shape index (κ2) is 5.56. The number of carbonyl (C=O) groups is 1. The molecule has 29 heavy (non-hydrogen) atoms. The lowest BCUT2D eigenvalue weighted by Crippen LogP contribution is -2.32. The van der Waals surface area contributed by atoms with Gasteiger partial charge in [-0.25, -0.2) is 9.78 Å². The number of fused-ring (bicyclic) bond motifs is 6. The van der Waals surface area contributed by atoms with Crippen molar-refractivity contribution < 1.29 is 24.1 Å². The SMILES string of the molecule is NCc1c2c(nc3cc4c(cc13)OCO4)-c1cc3c(c(=O)n1C2)COC(=O)[C@H]3O. The Morgan fingerprint density at radius 3 is 2.72 bits per heavy atom. The van der Waals surface area contributed by atoms with Gasteiger partial charge in [0.25, 0.3) is 5.56 Å². The highest BCUT2D eigenvalue weighted by Crippen LogP contribution is 2.41. The van der Waals surface area contributed by atoms with E-state index in [1.54, 1.807) is 16.7 Å². The fraction of sp³-hybridized carbons (Fsp3) is 0.250. The first-order valence-corrected chi connectivity index (χ1v) is 9.13. The first kappa shape index (κ1) is 16.5. The Balaban J connectivity index is 1.65. The smallest absolute Gasteiger partial charge is 0.340 e. The maximum atomic E-state index is 13.0. The van der Waals surface area contributed by atoms with E-state index >= 15 is 0 Å². The van der Waals surface area contributed by atoms with Crippen LogP contribution in [0.15, 0.2) is 23.0 Å². The van der Waals surface area contributed by atoms with Crippen LogP contribution in [0.1, 0.15) is 28.4 Å². The molecule has 0 bridgehead atoms.